The van der Waals surface area contributed by atoms with Crippen molar-refractivity contribution in [3.8, 4) is 0 Å². The third-order valence-electron chi connectivity index (χ3n) is 4.80. The monoisotopic (exact) mass is 303 g/mol. The van der Waals surface area contributed by atoms with E-state index in [4.69, 9.17) is 0 Å². The first-order valence-corrected chi connectivity index (χ1v) is 10.1. The first-order valence-electron chi connectivity index (χ1n) is 8.35. The van der Waals surface area contributed by atoms with E-state index in [-0.39, 0.29) is 11.3 Å². The van der Waals surface area contributed by atoms with Crippen molar-refractivity contribution in [3.05, 3.63) is 0 Å². The summed E-state index contributed by atoms with van der Waals surface area (Å²) >= 11 is 0. The molecule has 4 heteroatoms. The molecule has 1 aliphatic carbocycles. The van der Waals surface area contributed by atoms with E-state index < -0.39 is 9.84 Å². The minimum absolute atomic E-state index is 0.0961. The summed E-state index contributed by atoms with van der Waals surface area (Å²) in [5.74, 6) is 1.30. The van der Waals surface area contributed by atoms with Gasteiger partial charge in [-0.15, -0.1) is 0 Å². The third-order valence-corrected chi connectivity index (χ3v) is 7.06. The van der Waals surface area contributed by atoms with E-state index in [1.807, 2.05) is 0 Å². The maximum Gasteiger partial charge on any atom is 0.154 e. The SMILES string of the molecule is CCCNC(CS(=O)(=O)C1CCCC(C)C1)C(C)CC. The van der Waals surface area contributed by atoms with E-state index in [1.54, 1.807) is 0 Å². The third kappa shape index (κ3) is 5.36. The summed E-state index contributed by atoms with van der Waals surface area (Å²) in [5, 5.41) is 3.35. The van der Waals surface area contributed by atoms with E-state index in [1.165, 1.54) is 6.42 Å². The lowest BCUT2D eigenvalue weighted by molar-refractivity contribution is 0.369. The number of nitrogens with one attached hydrogen (secondary N) is 1. The molecule has 4 atom stereocenters. The van der Waals surface area contributed by atoms with Gasteiger partial charge in [0.1, 0.15) is 0 Å². The summed E-state index contributed by atoms with van der Waals surface area (Å²) in [6.45, 7) is 9.51. The summed E-state index contributed by atoms with van der Waals surface area (Å²) in [6.07, 6.45) is 6.07. The van der Waals surface area contributed by atoms with Gasteiger partial charge >= 0.3 is 0 Å². The van der Waals surface area contributed by atoms with Gasteiger partial charge in [0.2, 0.25) is 0 Å². The van der Waals surface area contributed by atoms with Crippen molar-refractivity contribution in [2.24, 2.45) is 11.8 Å². The number of hydrogen-bond acceptors (Lipinski definition) is 3. The molecule has 1 rings (SSSR count). The zero-order chi connectivity index (χ0) is 15.2. The van der Waals surface area contributed by atoms with Crippen LogP contribution in [0.15, 0.2) is 0 Å². The normalized spacial score (nSPS) is 27.2. The van der Waals surface area contributed by atoms with Crippen molar-refractivity contribution in [1.82, 2.24) is 5.32 Å². The van der Waals surface area contributed by atoms with Gasteiger partial charge in [0.25, 0.3) is 0 Å². The van der Waals surface area contributed by atoms with Crippen LogP contribution in [-0.4, -0.2) is 32.0 Å². The molecule has 1 aliphatic rings. The highest BCUT2D eigenvalue weighted by atomic mass is 32.2. The van der Waals surface area contributed by atoms with E-state index in [0.717, 1.165) is 38.6 Å². The summed E-state index contributed by atoms with van der Waals surface area (Å²) < 4.78 is 25.4. The molecule has 20 heavy (non-hydrogen) atoms. The fourth-order valence-corrected chi connectivity index (χ4v) is 5.50. The number of hydrogen-bond donors (Lipinski definition) is 1. The molecule has 0 aliphatic heterocycles. The lowest BCUT2D eigenvalue weighted by Crippen LogP contribution is -2.44. The maximum absolute atomic E-state index is 12.7. The van der Waals surface area contributed by atoms with Crippen LogP contribution in [0.25, 0.3) is 0 Å². The molecular weight excluding hydrogens is 270 g/mol. The van der Waals surface area contributed by atoms with Crippen molar-refractivity contribution in [2.75, 3.05) is 12.3 Å². The number of sulfone groups is 1. The standard InChI is InChI=1S/C16H33NO2S/c1-5-10-17-16(14(4)6-2)12-20(18,19)15-9-7-8-13(3)11-15/h13-17H,5-12H2,1-4H3. The Morgan fingerprint density at radius 3 is 2.50 bits per heavy atom. The summed E-state index contributed by atoms with van der Waals surface area (Å²) in [7, 11) is -2.96. The van der Waals surface area contributed by atoms with Gasteiger partial charge < -0.3 is 5.32 Å². The van der Waals surface area contributed by atoms with Gasteiger partial charge in [-0.3, -0.25) is 0 Å². The molecule has 0 saturated heterocycles. The Hall–Kier alpha value is -0.0900. The van der Waals surface area contributed by atoms with Crippen molar-refractivity contribution in [2.45, 2.75) is 77.5 Å². The van der Waals surface area contributed by atoms with E-state index in [0.29, 0.717) is 17.6 Å². The lowest BCUT2D eigenvalue weighted by Gasteiger charge is -2.30. The second-order valence-electron chi connectivity index (χ2n) is 6.67. The largest absolute Gasteiger partial charge is 0.313 e. The van der Waals surface area contributed by atoms with Gasteiger partial charge in [-0.1, -0.05) is 47.0 Å². The minimum Gasteiger partial charge on any atom is -0.313 e. The molecule has 0 spiro atoms. The molecular formula is C16H33NO2S. The Balaban J connectivity index is 2.69. The van der Waals surface area contributed by atoms with E-state index in [2.05, 4.69) is 33.0 Å². The average Bonchev–Trinajstić information content (AvgIpc) is 2.42. The van der Waals surface area contributed by atoms with Crippen LogP contribution in [-0.2, 0) is 9.84 Å². The molecule has 0 heterocycles. The smallest absolute Gasteiger partial charge is 0.154 e. The van der Waals surface area contributed by atoms with Gasteiger partial charge in [-0.05, 0) is 37.6 Å². The van der Waals surface area contributed by atoms with Crippen molar-refractivity contribution < 1.29 is 8.42 Å². The molecule has 0 radical (unpaired) electrons. The van der Waals surface area contributed by atoms with Gasteiger partial charge in [0, 0.05) is 6.04 Å². The number of rotatable bonds is 8. The average molecular weight is 304 g/mol. The Morgan fingerprint density at radius 1 is 1.25 bits per heavy atom. The van der Waals surface area contributed by atoms with Gasteiger partial charge in [-0.2, -0.15) is 0 Å². The summed E-state index contributed by atoms with van der Waals surface area (Å²) in [4.78, 5) is 0. The lowest BCUT2D eigenvalue weighted by atomic mass is 9.91. The first-order chi connectivity index (χ1) is 9.40. The highest BCUT2D eigenvalue weighted by molar-refractivity contribution is 7.92. The molecule has 3 nitrogen and oxygen atoms in total. The fraction of sp³-hybridized carbons (Fsp3) is 1.00. The predicted octanol–water partition coefficient (Wildman–Crippen LogP) is 3.39. The summed E-state index contributed by atoms with van der Waals surface area (Å²) in [6, 6.07) is 0.113. The molecule has 1 saturated carbocycles. The zero-order valence-corrected chi connectivity index (χ0v) is 14.5. The molecule has 1 N–H and O–H groups in total. The van der Waals surface area contributed by atoms with E-state index in [9.17, 15) is 8.42 Å². The second kappa shape index (κ2) is 8.38. The Labute approximate surface area is 125 Å². The van der Waals surface area contributed by atoms with Gasteiger partial charge in [0.15, 0.2) is 9.84 Å². The highest BCUT2D eigenvalue weighted by Gasteiger charge is 2.33. The molecule has 0 amide bonds. The molecule has 0 aromatic carbocycles. The van der Waals surface area contributed by atoms with Crippen LogP contribution in [0.4, 0.5) is 0 Å². The second-order valence-corrected chi connectivity index (χ2v) is 9.00. The molecule has 0 aromatic rings. The van der Waals surface area contributed by atoms with Crippen LogP contribution in [0, 0.1) is 11.8 Å². The minimum atomic E-state index is -2.96. The fourth-order valence-electron chi connectivity index (χ4n) is 3.13. The molecule has 0 aromatic heterocycles. The Kier molecular flexibility index (Phi) is 7.52. The molecule has 120 valence electrons. The maximum atomic E-state index is 12.7. The van der Waals surface area contributed by atoms with Crippen molar-refractivity contribution in [1.29, 1.82) is 0 Å². The molecule has 1 fully saturated rings. The van der Waals surface area contributed by atoms with Crippen molar-refractivity contribution in [3.63, 3.8) is 0 Å². The Morgan fingerprint density at radius 2 is 1.95 bits per heavy atom. The molecule has 0 bridgehead atoms. The highest BCUT2D eigenvalue weighted by Crippen LogP contribution is 2.29. The quantitative estimate of drug-likeness (QED) is 0.747. The summed E-state index contributed by atoms with van der Waals surface area (Å²) in [5.41, 5.74) is 0. The van der Waals surface area contributed by atoms with E-state index >= 15 is 0 Å². The predicted molar refractivity (Wildman–Crippen MR) is 86.7 cm³/mol. The van der Waals surface area contributed by atoms with Crippen LogP contribution in [0.2, 0.25) is 0 Å². The van der Waals surface area contributed by atoms with Crippen LogP contribution in [0.5, 0.6) is 0 Å². The topological polar surface area (TPSA) is 46.2 Å². The van der Waals surface area contributed by atoms with Crippen LogP contribution < -0.4 is 5.32 Å². The molecule has 4 unspecified atom stereocenters. The van der Waals surface area contributed by atoms with Crippen LogP contribution >= 0.6 is 0 Å². The van der Waals surface area contributed by atoms with Crippen molar-refractivity contribution >= 4 is 9.84 Å². The van der Waals surface area contributed by atoms with Gasteiger partial charge in [-0.25, -0.2) is 8.42 Å². The first kappa shape index (κ1) is 18.0. The Bertz CT molecular complexity index is 367. The van der Waals surface area contributed by atoms with Crippen LogP contribution in [0.3, 0.4) is 0 Å². The zero-order valence-electron chi connectivity index (χ0n) is 13.7. The van der Waals surface area contributed by atoms with Crippen LogP contribution in [0.1, 0.15) is 66.2 Å². The van der Waals surface area contributed by atoms with Gasteiger partial charge in [0.05, 0.1) is 11.0 Å².